The van der Waals surface area contributed by atoms with Gasteiger partial charge in [0.1, 0.15) is 5.82 Å². The molecule has 1 rings (SSSR count). The maximum Gasteiger partial charge on any atom is 0.126 e. The Bertz CT molecular complexity index is 447. The van der Waals surface area contributed by atoms with E-state index in [1.165, 1.54) is 0 Å². The summed E-state index contributed by atoms with van der Waals surface area (Å²) in [6.07, 6.45) is 0.480. The van der Waals surface area contributed by atoms with Gasteiger partial charge in [0.15, 0.2) is 0 Å². The Balaban J connectivity index is 2.74. The number of nitrogens with one attached hydrogen (secondary N) is 1. The maximum absolute atomic E-state index is 8.72. The van der Waals surface area contributed by atoms with Crippen LogP contribution in [-0.4, -0.2) is 43.2 Å². The number of ether oxygens (including phenoxy) is 1. The number of hydrogen-bond donors (Lipinski definition) is 1. The number of nitrogens with zero attached hydrogens (tertiary/aromatic N) is 3. The molecule has 0 bridgehead atoms. The second-order valence-electron chi connectivity index (χ2n) is 4.33. The number of anilines is 1. The van der Waals surface area contributed by atoms with Gasteiger partial charge in [-0.2, -0.15) is 5.26 Å². The molecule has 0 saturated carbocycles. The van der Waals surface area contributed by atoms with E-state index < -0.39 is 0 Å². The van der Waals surface area contributed by atoms with E-state index in [1.54, 1.807) is 7.11 Å². The first-order valence-electron chi connectivity index (χ1n) is 6.68. The molecule has 0 atom stereocenters. The first-order valence-corrected chi connectivity index (χ1v) is 7.06. The zero-order valence-corrected chi connectivity index (χ0v) is 12.8. The molecule has 1 N–H and O–H groups in total. The van der Waals surface area contributed by atoms with Crippen LogP contribution in [0.3, 0.4) is 0 Å². The molecule has 110 valence electrons. The molecule has 6 heteroatoms. The van der Waals surface area contributed by atoms with Crippen molar-refractivity contribution in [2.75, 3.05) is 38.7 Å². The van der Waals surface area contributed by atoms with Gasteiger partial charge in [-0.15, -0.1) is 0 Å². The summed E-state index contributed by atoms with van der Waals surface area (Å²) < 4.78 is 5.09. The second kappa shape index (κ2) is 9.54. The van der Waals surface area contributed by atoms with Gasteiger partial charge in [0, 0.05) is 39.7 Å². The highest BCUT2D eigenvalue weighted by Gasteiger charge is 2.10. The molecule has 0 saturated heterocycles. The SMILES string of the molecule is CCNc1ccc(Cl)c(CN(CCC#N)CCOC)n1. The molecule has 0 aliphatic rings. The Morgan fingerprint density at radius 2 is 2.25 bits per heavy atom. The average molecular weight is 297 g/mol. The first kappa shape index (κ1) is 16.7. The molecule has 0 unspecified atom stereocenters. The van der Waals surface area contributed by atoms with Gasteiger partial charge in [-0.05, 0) is 19.1 Å². The van der Waals surface area contributed by atoms with Gasteiger partial charge in [-0.1, -0.05) is 11.6 Å². The lowest BCUT2D eigenvalue weighted by atomic mass is 10.3. The smallest absolute Gasteiger partial charge is 0.126 e. The molecule has 0 aliphatic carbocycles. The summed E-state index contributed by atoms with van der Waals surface area (Å²) in [5.41, 5.74) is 0.819. The van der Waals surface area contributed by atoms with Crippen molar-refractivity contribution in [3.63, 3.8) is 0 Å². The van der Waals surface area contributed by atoms with Crippen molar-refractivity contribution in [1.82, 2.24) is 9.88 Å². The number of hydrogen-bond acceptors (Lipinski definition) is 5. The molecule has 20 heavy (non-hydrogen) atoms. The number of pyridine rings is 1. The lowest BCUT2D eigenvalue weighted by molar-refractivity contribution is 0.144. The van der Waals surface area contributed by atoms with E-state index in [2.05, 4.69) is 21.3 Å². The Hall–Kier alpha value is -1.35. The van der Waals surface area contributed by atoms with Crippen LogP contribution in [0, 0.1) is 11.3 Å². The number of aromatic nitrogens is 1. The third-order valence-corrected chi connectivity index (χ3v) is 3.15. The fraction of sp³-hybridized carbons (Fsp3) is 0.571. The molecule has 0 fully saturated rings. The first-order chi connectivity index (χ1) is 9.71. The average Bonchev–Trinajstić information content (AvgIpc) is 2.45. The van der Waals surface area contributed by atoms with Gasteiger partial charge in [-0.25, -0.2) is 4.98 Å². The predicted octanol–water partition coefficient (Wildman–Crippen LogP) is 2.53. The van der Waals surface area contributed by atoms with Gasteiger partial charge >= 0.3 is 0 Å². The van der Waals surface area contributed by atoms with Crippen LogP contribution in [0.15, 0.2) is 12.1 Å². The monoisotopic (exact) mass is 296 g/mol. The zero-order valence-electron chi connectivity index (χ0n) is 12.0. The quantitative estimate of drug-likeness (QED) is 0.759. The minimum absolute atomic E-state index is 0.480. The largest absolute Gasteiger partial charge is 0.383 e. The summed E-state index contributed by atoms with van der Waals surface area (Å²) in [5.74, 6) is 0.818. The van der Waals surface area contributed by atoms with Crippen LogP contribution < -0.4 is 5.32 Å². The summed E-state index contributed by atoms with van der Waals surface area (Å²) in [4.78, 5) is 6.63. The molecule has 1 heterocycles. The molecule has 1 aromatic heterocycles. The molecule has 5 nitrogen and oxygen atoms in total. The third-order valence-electron chi connectivity index (χ3n) is 2.80. The normalized spacial score (nSPS) is 10.6. The van der Waals surface area contributed by atoms with Gasteiger partial charge in [0.05, 0.1) is 23.4 Å². The Morgan fingerprint density at radius 3 is 2.90 bits per heavy atom. The third kappa shape index (κ3) is 5.74. The lowest BCUT2D eigenvalue weighted by Crippen LogP contribution is -2.28. The van der Waals surface area contributed by atoms with Crippen LogP contribution in [0.2, 0.25) is 5.02 Å². The number of halogens is 1. The fourth-order valence-electron chi connectivity index (χ4n) is 1.79. The summed E-state index contributed by atoms with van der Waals surface area (Å²) in [5, 5.41) is 12.5. The Labute approximate surface area is 125 Å². The Kier molecular flexibility index (Phi) is 7.97. The number of nitriles is 1. The molecule has 1 aromatic rings. The van der Waals surface area contributed by atoms with Crippen LogP contribution >= 0.6 is 11.6 Å². The zero-order chi connectivity index (χ0) is 14.8. The molecule has 0 aliphatic heterocycles. The molecule has 0 spiro atoms. The lowest BCUT2D eigenvalue weighted by Gasteiger charge is -2.21. The van der Waals surface area contributed by atoms with Crippen molar-refractivity contribution >= 4 is 17.4 Å². The maximum atomic E-state index is 8.72. The molecule has 0 amide bonds. The van der Waals surface area contributed by atoms with Crippen LogP contribution in [0.5, 0.6) is 0 Å². The van der Waals surface area contributed by atoms with E-state index in [4.69, 9.17) is 21.6 Å². The summed E-state index contributed by atoms with van der Waals surface area (Å²) in [6.45, 7) is 5.51. The van der Waals surface area contributed by atoms with Gasteiger partial charge in [0.25, 0.3) is 0 Å². The number of methoxy groups -OCH3 is 1. The highest BCUT2D eigenvalue weighted by atomic mass is 35.5. The van der Waals surface area contributed by atoms with E-state index >= 15 is 0 Å². The van der Waals surface area contributed by atoms with Crippen molar-refractivity contribution in [1.29, 1.82) is 5.26 Å². The van der Waals surface area contributed by atoms with Crippen molar-refractivity contribution in [3.05, 3.63) is 22.8 Å². The summed E-state index contributed by atoms with van der Waals surface area (Å²) in [7, 11) is 1.67. The van der Waals surface area contributed by atoms with E-state index in [9.17, 15) is 0 Å². The van der Waals surface area contributed by atoms with E-state index in [0.717, 1.165) is 24.6 Å². The van der Waals surface area contributed by atoms with E-state index in [0.29, 0.717) is 31.1 Å². The molecular weight excluding hydrogens is 276 g/mol. The fourth-order valence-corrected chi connectivity index (χ4v) is 1.95. The van der Waals surface area contributed by atoms with Crippen LogP contribution in [0.1, 0.15) is 19.0 Å². The highest BCUT2D eigenvalue weighted by molar-refractivity contribution is 6.31. The topological polar surface area (TPSA) is 61.2 Å². The van der Waals surface area contributed by atoms with Crippen LogP contribution in [0.4, 0.5) is 5.82 Å². The van der Waals surface area contributed by atoms with Crippen LogP contribution in [0.25, 0.3) is 0 Å². The summed E-state index contributed by atoms with van der Waals surface area (Å²) in [6, 6.07) is 5.87. The van der Waals surface area contributed by atoms with Crippen molar-refractivity contribution in [2.24, 2.45) is 0 Å². The minimum Gasteiger partial charge on any atom is -0.383 e. The van der Waals surface area contributed by atoms with Gasteiger partial charge in [-0.3, -0.25) is 4.90 Å². The van der Waals surface area contributed by atoms with Crippen molar-refractivity contribution < 1.29 is 4.74 Å². The van der Waals surface area contributed by atoms with Crippen molar-refractivity contribution in [2.45, 2.75) is 19.9 Å². The van der Waals surface area contributed by atoms with E-state index in [1.807, 2.05) is 19.1 Å². The molecule has 0 aromatic carbocycles. The summed E-state index contributed by atoms with van der Waals surface area (Å²) >= 11 is 6.20. The molecular formula is C14H21ClN4O. The second-order valence-corrected chi connectivity index (χ2v) is 4.74. The van der Waals surface area contributed by atoms with E-state index in [-0.39, 0.29) is 0 Å². The van der Waals surface area contributed by atoms with Crippen LogP contribution in [-0.2, 0) is 11.3 Å². The standard InChI is InChI=1S/C14H21ClN4O/c1-3-17-14-6-5-12(15)13(18-14)11-19(8-4-7-16)9-10-20-2/h5-6H,3-4,8-11H2,1-2H3,(H,17,18). The highest BCUT2D eigenvalue weighted by Crippen LogP contribution is 2.18. The minimum atomic E-state index is 0.480. The van der Waals surface area contributed by atoms with Crippen molar-refractivity contribution in [3.8, 4) is 6.07 Å². The van der Waals surface area contributed by atoms with Gasteiger partial charge < -0.3 is 10.1 Å². The Morgan fingerprint density at radius 1 is 1.45 bits per heavy atom. The molecule has 0 radical (unpaired) electrons. The number of rotatable bonds is 9. The predicted molar refractivity (Wildman–Crippen MR) is 80.8 cm³/mol. The van der Waals surface area contributed by atoms with Gasteiger partial charge in [0.2, 0.25) is 0 Å².